The van der Waals surface area contributed by atoms with Gasteiger partial charge in [0.05, 0.1) is 13.1 Å². The molecule has 0 amide bonds. The van der Waals surface area contributed by atoms with Crippen molar-refractivity contribution in [3.63, 3.8) is 0 Å². The molecule has 1 aliphatic rings. The summed E-state index contributed by atoms with van der Waals surface area (Å²) < 4.78 is 13.2. The van der Waals surface area contributed by atoms with E-state index in [4.69, 9.17) is 0 Å². The fraction of sp³-hybridized carbons (Fsp3) is 0.455. The molecular weight excluding hydrogens is 165 g/mol. The van der Waals surface area contributed by atoms with Gasteiger partial charge in [-0.2, -0.15) is 0 Å². The van der Waals surface area contributed by atoms with E-state index in [9.17, 15) is 4.39 Å². The zero-order valence-corrected chi connectivity index (χ0v) is 7.72. The smallest absolute Gasteiger partial charge is 0.132 e. The molecular formula is C11H15FN+. The summed E-state index contributed by atoms with van der Waals surface area (Å²) in [4.78, 5) is 1.52. The Balaban J connectivity index is 2.04. The number of quaternary nitrogens is 1. The van der Waals surface area contributed by atoms with Crippen LogP contribution < -0.4 is 4.90 Å². The van der Waals surface area contributed by atoms with Crippen LogP contribution in [-0.4, -0.2) is 13.1 Å². The van der Waals surface area contributed by atoms with Crippen LogP contribution in [0.25, 0.3) is 0 Å². The first-order chi connectivity index (χ1) is 6.36. The Kier molecular flexibility index (Phi) is 2.60. The molecule has 0 aliphatic carbocycles. The van der Waals surface area contributed by atoms with Crippen molar-refractivity contribution in [2.24, 2.45) is 0 Å². The van der Waals surface area contributed by atoms with Crippen molar-refractivity contribution in [2.45, 2.75) is 19.4 Å². The van der Waals surface area contributed by atoms with Crippen molar-refractivity contribution in [3.8, 4) is 0 Å². The monoisotopic (exact) mass is 180 g/mol. The molecule has 1 heterocycles. The third-order valence-corrected chi connectivity index (χ3v) is 2.71. The molecule has 1 nitrogen and oxygen atoms in total. The largest absolute Gasteiger partial charge is 0.331 e. The van der Waals surface area contributed by atoms with Gasteiger partial charge in [0.2, 0.25) is 0 Å². The zero-order valence-electron chi connectivity index (χ0n) is 7.72. The molecule has 0 radical (unpaired) electrons. The van der Waals surface area contributed by atoms with E-state index in [2.05, 4.69) is 0 Å². The Morgan fingerprint density at radius 2 is 1.85 bits per heavy atom. The fourth-order valence-corrected chi connectivity index (χ4v) is 1.96. The normalized spacial score (nSPS) is 17.9. The molecule has 0 spiro atoms. The summed E-state index contributed by atoms with van der Waals surface area (Å²) in [7, 11) is 0. The van der Waals surface area contributed by atoms with Crippen molar-refractivity contribution >= 4 is 0 Å². The van der Waals surface area contributed by atoms with Gasteiger partial charge in [0, 0.05) is 18.4 Å². The lowest BCUT2D eigenvalue weighted by molar-refractivity contribution is -0.901. The van der Waals surface area contributed by atoms with Crippen LogP contribution in [0, 0.1) is 5.82 Å². The molecule has 1 saturated heterocycles. The van der Waals surface area contributed by atoms with Gasteiger partial charge >= 0.3 is 0 Å². The lowest BCUT2D eigenvalue weighted by atomic mass is 10.2. The van der Waals surface area contributed by atoms with Crippen LogP contribution in [0.4, 0.5) is 4.39 Å². The minimum absolute atomic E-state index is 0.0538. The zero-order chi connectivity index (χ0) is 9.10. The predicted octanol–water partition coefficient (Wildman–Crippen LogP) is 1.00. The summed E-state index contributed by atoms with van der Waals surface area (Å²) in [5.74, 6) is -0.0538. The first kappa shape index (κ1) is 8.70. The SMILES string of the molecule is Fc1ccccc1C[NH+]1CCCC1. The lowest BCUT2D eigenvalue weighted by Gasteiger charge is -2.11. The number of benzene rings is 1. The van der Waals surface area contributed by atoms with E-state index < -0.39 is 0 Å². The average molecular weight is 180 g/mol. The van der Waals surface area contributed by atoms with E-state index in [-0.39, 0.29) is 5.82 Å². The maximum Gasteiger partial charge on any atom is 0.132 e. The number of rotatable bonds is 2. The van der Waals surface area contributed by atoms with Crippen LogP contribution in [0.2, 0.25) is 0 Å². The molecule has 0 aromatic heterocycles. The summed E-state index contributed by atoms with van der Waals surface area (Å²) in [5, 5.41) is 0. The highest BCUT2D eigenvalue weighted by atomic mass is 19.1. The van der Waals surface area contributed by atoms with E-state index in [1.807, 2.05) is 12.1 Å². The molecule has 1 aliphatic heterocycles. The minimum atomic E-state index is -0.0538. The van der Waals surface area contributed by atoms with E-state index >= 15 is 0 Å². The summed E-state index contributed by atoms with van der Waals surface area (Å²) in [6.45, 7) is 3.26. The van der Waals surface area contributed by atoms with Gasteiger partial charge in [-0.25, -0.2) is 4.39 Å². The Morgan fingerprint density at radius 1 is 1.15 bits per heavy atom. The van der Waals surface area contributed by atoms with E-state index in [1.54, 1.807) is 12.1 Å². The van der Waals surface area contributed by atoms with Crippen LogP contribution in [-0.2, 0) is 6.54 Å². The number of hydrogen-bond acceptors (Lipinski definition) is 0. The van der Waals surface area contributed by atoms with Gasteiger partial charge in [-0.1, -0.05) is 18.2 Å². The lowest BCUT2D eigenvalue weighted by Crippen LogP contribution is -3.08. The first-order valence-electron chi connectivity index (χ1n) is 4.93. The molecule has 0 atom stereocenters. The molecule has 1 N–H and O–H groups in total. The average Bonchev–Trinajstić information content (AvgIpc) is 2.61. The summed E-state index contributed by atoms with van der Waals surface area (Å²) in [5.41, 5.74) is 0.861. The maximum atomic E-state index is 13.2. The number of nitrogens with one attached hydrogen (secondary N) is 1. The molecule has 1 aromatic rings. The Labute approximate surface area is 78.2 Å². The number of likely N-dealkylation sites (tertiary alicyclic amines) is 1. The standard InChI is InChI=1S/C11H14FN/c12-11-6-2-1-5-10(11)9-13-7-3-4-8-13/h1-2,5-6H,3-4,7-9H2/p+1. The number of halogens is 1. The highest BCUT2D eigenvalue weighted by Gasteiger charge is 2.16. The third-order valence-electron chi connectivity index (χ3n) is 2.71. The Morgan fingerprint density at radius 3 is 2.54 bits per heavy atom. The van der Waals surface area contributed by atoms with Gasteiger partial charge in [-0.05, 0) is 6.07 Å². The Hall–Kier alpha value is -0.890. The first-order valence-corrected chi connectivity index (χ1v) is 4.93. The fourth-order valence-electron chi connectivity index (χ4n) is 1.96. The van der Waals surface area contributed by atoms with E-state index in [0.29, 0.717) is 0 Å². The van der Waals surface area contributed by atoms with Crippen LogP contribution >= 0.6 is 0 Å². The van der Waals surface area contributed by atoms with Crippen molar-refractivity contribution in [2.75, 3.05) is 13.1 Å². The molecule has 0 unspecified atom stereocenters. The van der Waals surface area contributed by atoms with E-state index in [0.717, 1.165) is 12.1 Å². The maximum absolute atomic E-state index is 13.2. The summed E-state index contributed by atoms with van der Waals surface area (Å²) >= 11 is 0. The van der Waals surface area contributed by atoms with Crippen LogP contribution in [0.1, 0.15) is 18.4 Å². The van der Waals surface area contributed by atoms with Gasteiger partial charge in [-0.15, -0.1) is 0 Å². The van der Waals surface area contributed by atoms with Gasteiger partial charge in [-0.3, -0.25) is 0 Å². The summed E-state index contributed by atoms with van der Waals surface area (Å²) in [6.07, 6.45) is 2.59. The molecule has 70 valence electrons. The highest BCUT2D eigenvalue weighted by molar-refractivity contribution is 5.15. The van der Waals surface area contributed by atoms with Crippen LogP contribution in [0.5, 0.6) is 0 Å². The Bertz CT molecular complexity index is 279. The second kappa shape index (κ2) is 3.88. The third kappa shape index (κ3) is 2.07. The number of hydrogen-bond donors (Lipinski definition) is 1. The van der Waals surface area contributed by atoms with Crippen LogP contribution in [0.15, 0.2) is 24.3 Å². The molecule has 0 bridgehead atoms. The van der Waals surface area contributed by atoms with Gasteiger partial charge in [0.1, 0.15) is 12.4 Å². The molecule has 2 heteroatoms. The van der Waals surface area contributed by atoms with Crippen LogP contribution in [0.3, 0.4) is 0 Å². The van der Waals surface area contributed by atoms with Crippen molar-refractivity contribution in [1.82, 2.24) is 0 Å². The predicted molar refractivity (Wildman–Crippen MR) is 50.0 cm³/mol. The van der Waals surface area contributed by atoms with Gasteiger partial charge in [0.25, 0.3) is 0 Å². The van der Waals surface area contributed by atoms with Crippen molar-refractivity contribution < 1.29 is 9.29 Å². The topological polar surface area (TPSA) is 4.44 Å². The summed E-state index contributed by atoms with van der Waals surface area (Å²) in [6, 6.07) is 7.09. The molecule has 1 fully saturated rings. The van der Waals surface area contributed by atoms with Crippen molar-refractivity contribution in [3.05, 3.63) is 35.6 Å². The molecule has 13 heavy (non-hydrogen) atoms. The van der Waals surface area contributed by atoms with Crippen molar-refractivity contribution in [1.29, 1.82) is 0 Å². The second-order valence-electron chi connectivity index (χ2n) is 3.73. The highest BCUT2D eigenvalue weighted by Crippen LogP contribution is 2.04. The quantitative estimate of drug-likeness (QED) is 0.692. The second-order valence-corrected chi connectivity index (χ2v) is 3.73. The van der Waals surface area contributed by atoms with E-state index in [1.165, 1.54) is 30.8 Å². The van der Waals surface area contributed by atoms with Gasteiger partial charge in [0.15, 0.2) is 0 Å². The molecule has 1 aromatic carbocycles. The molecule has 0 saturated carbocycles. The molecule has 2 rings (SSSR count). The minimum Gasteiger partial charge on any atom is -0.331 e. The van der Waals surface area contributed by atoms with Gasteiger partial charge < -0.3 is 4.90 Å².